The summed E-state index contributed by atoms with van der Waals surface area (Å²) in [6.07, 6.45) is -11.3. The molecular weight excluding hydrogens is 494 g/mol. The number of halogens is 6. The number of ether oxygens (including phenoxy) is 2. The van der Waals surface area contributed by atoms with Crippen LogP contribution in [-0.2, 0) is 17.1 Å². The second kappa shape index (κ2) is 9.51. The Labute approximate surface area is 199 Å². The highest BCUT2D eigenvalue weighted by molar-refractivity contribution is 5.89. The van der Waals surface area contributed by atoms with Gasteiger partial charge in [0.25, 0.3) is 0 Å². The van der Waals surface area contributed by atoms with Crippen LogP contribution in [0.2, 0.25) is 0 Å². The average molecular weight is 510 g/mol. The molecule has 0 radical (unpaired) electrons. The quantitative estimate of drug-likeness (QED) is 0.215. The summed E-state index contributed by atoms with van der Waals surface area (Å²) in [5, 5.41) is 3.32. The number of pyridine rings is 1. The van der Waals surface area contributed by atoms with E-state index in [2.05, 4.69) is 10.1 Å². The van der Waals surface area contributed by atoms with Gasteiger partial charge in [-0.3, -0.25) is 0 Å². The third-order valence-electron chi connectivity index (χ3n) is 5.02. The molecule has 0 saturated heterocycles. The summed E-state index contributed by atoms with van der Waals surface area (Å²) in [6.45, 7) is 1.64. The highest BCUT2D eigenvalue weighted by Crippen LogP contribution is 2.41. The summed E-state index contributed by atoms with van der Waals surface area (Å²) in [6, 6.07) is 12.6. The number of alkyl halides is 6. The minimum absolute atomic E-state index is 0.0599. The first-order valence-electron chi connectivity index (χ1n) is 10.4. The van der Waals surface area contributed by atoms with Crippen molar-refractivity contribution in [3.63, 3.8) is 0 Å². The predicted molar refractivity (Wildman–Crippen MR) is 113 cm³/mol. The lowest BCUT2D eigenvalue weighted by molar-refractivity contribution is -0.142. The SMILES string of the molecule is CCOC(=O)c1cc(C(Oc2cc(C(F)(F)F)nc3c(C(F)(F)F)cccc23)c2ccccc2)on1. The van der Waals surface area contributed by atoms with Crippen LogP contribution in [0.3, 0.4) is 0 Å². The van der Waals surface area contributed by atoms with Gasteiger partial charge in [0.1, 0.15) is 11.4 Å². The number of nitrogens with zero attached hydrogens (tertiary/aromatic N) is 2. The molecule has 4 aromatic rings. The summed E-state index contributed by atoms with van der Waals surface area (Å²) in [5.74, 6) is -1.42. The van der Waals surface area contributed by atoms with Gasteiger partial charge in [-0.1, -0.05) is 41.6 Å². The number of carbonyl (C=O) groups excluding carboxylic acids is 1. The zero-order valence-corrected chi connectivity index (χ0v) is 18.4. The van der Waals surface area contributed by atoms with Crippen LogP contribution >= 0.6 is 0 Å². The Bertz CT molecular complexity index is 1380. The number of para-hydroxylation sites is 1. The molecule has 0 bridgehead atoms. The molecule has 0 spiro atoms. The molecule has 2 aromatic heterocycles. The molecule has 0 aliphatic rings. The van der Waals surface area contributed by atoms with E-state index in [1.54, 1.807) is 37.3 Å². The Morgan fingerprint density at radius 3 is 2.33 bits per heavy atom. The third-order valence-corrected chi connectivity index (χ3v) is 5.02. The van der Waals surface area contributed by atoms with Crippen LogP contribution in [0.25, 0.3) is 10.9 Å². The molecule has 0 aliphatic heterocycles. The van der Waals surface area contributed by atoms with E-state index in [1.165, 1.54) is 12.1 Å². The molecule has 1 unspecified atom stereocenters. The maximum absolute atomic E-state index is 13.6. The van der Waals surface area contributed by atoms with Gasteiger partial charge in [-0.25, -0.2) is 9.78 Å². The van der Waals surface area contributed by atoms with Gasteiger partial charge in [-0.05, 0) is 19.1 Å². The monoisotopic (exact) mass is 510 g/mol. The van der Waals surface area contributed by atoms with Crippen LogP contribution < -0.4 is 4.74 Å². The van der Waals surface area contributed by atoms with Crippen molar-refractivity contribution in [1.29, 1.82) is 0 Å². The maximum atomic E-state index is 13.6. The van der Waals surface area contributed by atoms with E-state index in [0.717, 1.165) is 6.07 Å². The van der Waals surface area contributed by atoms with Crippen molar-refractivity contribution in [2.24, 2.45) is 0 Å². The van der Waals surface area contributed by atoms with Crippen molar-refractivity contribution in [3.8, 4) is 5.75 Å². The normalized spacial score (nSPS) is 13.0. The van der Waals surface area contributed by atoms with Crippen molar-refractivity contribution < 1.29 is 45.1 Å². The second-order valence-electron chi connectivity index (χ2n) is 7.45. The zero-order valence-electron chi connectivity index (χ0n) is 18.4. The lowest BCUT2D eigenvalue weighted by atomic mass is 10.1. The molecule has 6 nitrogen and oxygen atoms in total. The number of esters is 1. The van der Waals surface area contributed by atoms with Crippen molar-refractivity contribution in [2.75, 3.05) is 6.61 Å². The van der Waals surface area contributed by atoms with Gasteiger partial charge < -0.3 is 14.0 Å². The molecule has 188 valence electrons. The highest BCUT2D eigenvalue weighted by Gasteiger charge is 2.38. The number of aromatic nitrogens is 2. The van der Waals surface area contributed by atoms with Gasteiger partial charge in [-0.2, -0.15) is 26.3 Å². The fourth-order valence-corrected chi connectivity index (χ4v) is 3.45. The first-order chi connectivity index (χ1) is 17.0. The zero-order chi connectivity index (χ0) is 26.1. The van der Waals surface area contributed by atoms with E-state index in [0.29, 0.717) is 17.7 Å². The van der Waals surface area contributed by atoms with Gasteiger partial charge in [0.2, 0.25) is 0 Å². The third kappa shape index (κ3) is 5.11. The van der Waals surface area contributed by atoms with Gasteiger partial charge >= 0.3 is 18.3 Å². The Hall–Kier alpha value is -4.09. The van der Waals surface area contributed by atoms with Crippen molar-refractivity contribution in [2.45, 2.75) is 25.4 Å². The molecule has 1 atom stereocenters. The Balaban J connectivity index is 1.89. The summed E-state index contributed by atoms with van der Waals surface area (Å²) in [5.41, 5.74) is -3.69. The minimum atomic E-state index is -5.06. The topological polar surface area (TPSA) is 74.5 Å². The van der Waals surface area contributed by atoms with Crippen LogP contribution in [-0.4, -0.2) is 22.7 Å². The summed E-state index contributed by atoms with van der Waals surface area (Å²) in [4.78, 5) is 15.3. The second-order valence-corrected chi connectivity index (χ2v) is 7.45. The Morgan fingerprint density at radius 1 is 0.972 bits per heavy atom. The van der Waals surface area contributed by atoms with Gasteiger partial charge in [0, 0.05) is 23.1 Å². The van der Waals surface area contributed by atoms with Crippen molar-refractivity contribution in [3.05, 3.63) is 88.9 Å². The number of carbonyl (C=O) groups is 1. The molecule has 2 aromatic carbocycles. The molecular formula is C24H16F6N2O4. The molecule has 12 heteroatoms. The molecule has 0 amide bonds. The average Bonchev–Trinajstić information content (AvgIpc) is 3.31. The molecule has 0 fully saturated rings. The molecule has 36 heavy (non-hydrogen) atoms. The number of rotatable bonds is 6. The standard InChI is InChI=1S/C24H16F6N2O4/c1-2-34-22(33)16-11-18(36-32-16)21(13-7-4-3-5-8-13)35-17-12-19(24(28,29)30)31-20-14(17)9-6-10-15(20)23(25,26)27/h3-12,21H,2H2,1H3. The predicted octanol–water partition coefficient (Wildman–Crippen LogP) is 6.61. The van der Waals surface area contributed by atoms with Crippen molar-refractivity contribution >= 4 is 16.9 Å². The summed E-state index contributed by atoms with van der Waals surface area (Å²) >= 11 is 0. The number of benzene rings is 2. The van der Waals surface area contributed by atoms with Crippen LogP contribution in [0.15, 0.2) is 65.2 Å². The first-order valence-corrected chi connectivity index (χ1v) is 10.4. The summed E-state index contributed by atoms with van der Waals surface area (Å²) < 4.78 is 97.5. The largest absolute Gasteiger partial charge is 0.477 e. The molecule has 0 N–H and O–H groups in total. The molecule has 2 heterocycles. The molecule has 4 rings (SSSR count). The van der Waals surface area contributed by atoms with E-state index in [4.69, 9.17) is 14.0 Å². The number of hydrogen-bond acceptors (Lipinski definition) is 6. The van der Waals surface area contributed by atoms with Crippen LogP contribution in [0.4, 0.5) is 26.3 Å². The lowest BCUT2D eigenvalue weighted by Gasteiger charge is -2.20. The van der Waals surface area contributed by atoms with E-state index in [1.807, 2.05) is 0 Å². The number of fused-ring (bicyclic) bond motifs is 1. The fourth-order valence-electron chi connectivity index (χ4n) is 3.45. The highest BCUT2D eigenvalue weighted by atomic mass is 19.4. The molecule has 0 saturated carbocycles. The van der Waals surface area contributed by atoms with Crippen LogP contribution in [0, 0.1) is 0 Å². The number of hydrogen-bond donors (Lipinski definition) is 0. The van der Waals surface area contributed by atoms with Gasteiger partial charge in [0.15, 0.2) is 17.6 Å². The summed E-state index contributed by atoms with van der Waals surface area (Å²) in [7, 11) is 0. The molecule has 0 aliphatic carbocycles. The van der Waals surface area contributed by atoms with Crippen LogP contribution in [0.1, 0.15) is 46.1 Å². The van der Waals surface area contributed by atoms with E-state index < -0.39 is 46.9 Å². The fraction of sp³-hybridized carbons (Fsp3) is 0.208. The van der Waals surface area contributed by atoms with E-state index in [9.17, 15) is 31.1 Å². The maximum Gasteiger partial charge on any atom is 0.433 e. The van der Waals surface area contributed by atoms with Gasteiger partial charge in [-0.15, -0.1) is 0 Å². The van der Waals surface area contributed by atoms with Crippen molar-refractivity contribution in [1.82, 2.24) is 10.1 Å². The van der Waals surface area contributed by atoms with Gasteiger partial charge in [0.05, 0.1) is 17.7 Å². The van der Waals surface area contributed by atoms with E-state index >= 15 is 0 Å². The van der Waals surface area contributed by atoms with E-state index in [-0.39, 0.29) is 23.4 Å². The Kier molecular flexibility index (Phi) is 6.61. The lowest BCUT2D eigenvalue weighted by Crippen LogP contribution is -2.14. The van der Waals surface area contributed by atoms with Crippen LogP contribution in [0.5, 0.6) is 5.75 Å². The minimum Gasteiger partial charge on any atom is -0.477 e. The first kappa shape index (κ1) is 25.0. The smallest absolute Gasteiger partial charge is 0.433 e. The Morgan fingerprint density at radius 2 is 1.69 bits per heavy atom.